The number of hydrogen-bond acceptors (Lipinski definition) is 4. The van der Waals surface area contributed by atoms with E-state index in [0.29, 0.717) is 17.4 Å². The molecule has 2 aromatic carbocycles. The summed E-state index contributed by atoms with van der Waals surface area (Å²) < 4.78 is 66.5. The van der Waals surface area contributed by atoms with Gasteiger partial charge in [0.15, 0.2) is 5.78 Å². The molecule has 0 radical (unpaired) electrons. The zero-order chi connectivity index (χ0) is 38.6. The number of benzene rings is 2. The molecular weight excluding hydrogens is 659 g/mol. The molecule has 0 fully saturated rings. The maximum Gasteiger partial charge on any atom is 0.573 e. The quantitative estimate of drug-likeness (QED) is 0.0983. The second-order valence-electron chi connectivity index (χ2n) is 12.7. The number of allylic oxidation sites excluding steroid dienone is 5. The third kappa shape index (κ3) is 16.8. The molecule has 51 heavy (non-hydrogen) atoms. The number of aryl methyl sites for hydroxylation is 2. The predicted octanol–water partition coefficient (Wildman–Crippen LogP) is 13.1. The normalized spacial score (nSPS) is 13.6. The van der Waals surface area contributed by atoms with Crippen molar-refractivity contribution in [2.45, 2.75) is 132 Å². The Labute approximate surface area is 303 Å². The molecular formula is C42H59F5N2O2. The Kier molecular flexibility index (Phi) is 20.9. The SMILES string of the molecule is C=C1C=C(F)C=CN1/C(C(C)=O)=C(/CC)CCC.CCCCCN(c1ccc(OC(F)(F)F)cc1)[C@@H](C)CC.CCCCc1ccc(C)c(F)c1. The highest BCUT2D eigenvalue weighted by Crippen LogP contribution is 2.28. The second-order valence-corrected chi connectivity index (χ2v) is 12.7. The lowest BCUT2D eigenvalue weighted by Crippen LogP contribution is -2.33. The molecule has 0 aliphatic carbocycles. The molecule has 2 aromatic rings. The van der Waals surface area contributed by atoms with E-state index in [9.17, 15) is 26.7 Å². The molecule has 0 unspecified atom stereocenters. The standard InChI is InChI=1S/C16H24F3NO.C15H20FNO.C11H15F/c1-4-6-7-12-20(13(3)5-2)14-8-10-15(11-9-14)21-16(17,18)19;1-5-7-13(6-2)15(12(4)18)17-9-8-14(16)10-11(17)3;1-3-4-5-10-7-6-9(2)11(12)8-10/h8-11,13H,4-7,12H2,1-3H3;8-10H,3,5-7H2,1-2,4H3;6-8H,3-5H2,1-2H3/b;15-13-;/t13-;;/m0../s1. The third-order valence-electron chi connectivity index (χ3n) is 8.47. The zero-order valence-corrected chi connectivity index (χ0v) is 31.9. The first kappa shape index (κ1) is 45.1. The van der Waals surface area contributed by atoms with Crippen LogP contribution in [0.1, 0.15) is 117 Å². The number of nitrogens with zero attached hydrogens (tertiary/aromatic N) is 2. The number of alkyl halides is 3. The van der Waals surface area contributed by atoms with Crippen molar-refractivity contribution in [2.24, 2.45) is 0 Å². The smallest absolute Gasteiger partial charge is 0.406 e. The van der Waals surface area contributed by atoms with Gasteiger partial charge in [-0.3, -0.25) is 4.79 Å². The number of ketones is 1. The Bertz CT molecular complexity index is 1440. The van der Waals surface area contributed by atoms with Gasteiger partial charge in [-0.2, -0.15) is 0 Å². The van der Waals surface area contributed by atoms with Crippen LogP contribution in [0.15, 0.2) is 90.2 Å². The van der Waals surface area contributed by atoms with Gasteiger partial charge in [0, 0.05) is 37.1 Å². The van der Waals surface area contributed by atoms with Gasteiger partial charge in [-0.1, -0.05) is 79.0 Å². The Morgan fingerprint density at radius 3 is 2.08 bits per heavy atom. The van der Waals surface area contributed by atoms with E-state index in [0.717, 1.165) is 93.1 Å². The van der Waals surface area contributed by atoms with Crippen molar-refractivity contribution in [1.29, 1.82) is 0 Å². The number of anilines is 1. The molecule has 1 atom stereocenters. The van der Waals surface area contributed by atoms with Crippen molar-refractivity contribution in [3.8, 4) is 5.75 Å². The maximum atomic E-state index is 13.1. The van der Waals surface area contributed by atoms with Crippen LogP contribution in [0.2, 0.25) is 0 Å². The van der Waals surface area contributed by atoms with E-state index in [4.69, 9.17) is 0 Å². The van der Waals surface area contributed by atoms with Gasteiger partial charge in [0.1, 0.15) is 17.4 Å². The van der Waals surface area contributed by atoms with E-state index in [1.165, 1.54) is 31.2 Å². The third-order valence-corrected chi connectivity index (χ3v) is 8.47. The van der Waals surface area contributed by atoms with E-state index in [-0.39, 0.29) is 23.2 Å². The van der Waals surface area contributed by atoms with E-state index in [1.807, 2.05) is 19.1 Å². The monoisotopic (exact) mass is 718 g/mol. The minimum atomic E-state index is -4.64. The van der Waals surface area contributed by atoms with Crippen molar-refractivity contribution >= 4 is 11.5 Å². The minimum absolute atomic E-state index is 0.0122. The van der Waals surface area contributed by atoms with Crippen molar-refractivity contribution in [3.63, 3.8) is 0 Å². The predicted molar refractivity (Wildman–Crippen MR) is 202 cm³/mol. The topological polar surface area (TPSA) is 32.8 Å². The fraction of sp³-hybridized carbons (Fsp3) is 0.500. The summed E-state index contributed by atoms with van der Waals surface area (Å²) in [4.78, 5) is 15.8. The summed E-state index contributed by atoms with van der Waals surface area (Å²) in [6.07, 6.45) is 9.95. The second kappa shape index (κ2) is 23.6. The fourth-order valence-electron chi connectivity index (χ4n) is 5.46. The molecule has 4 nitrogen and oxygen atoms in total. The average molecular weight is 719 g/mol. The largest absolute Gasteiger partial charge is 0.573 e. The van der Waals surface area contributed by atoms with Gasteiger partial charge in [0.2, 0.25) is 0 Å². The van der Waals surface area contributed by atoms with E-state index >= 15 is 0 Å². The molecule has 9 heteroatoms. The van der Waals surface area contributed by atoms with Gasteiger partial charge in [-0.25, -0.2) is 8.78 Å². The molecule has 0 aromatic heterocycles. The molecule has 0 bridgehead atoms. The molecule has 1 aliphatic heterocycles. The molecule has 1 heterocycles. The molecule has 0 spiro atoms. The van der Waals surface area contributed by atoms with Crippen LogP contribution in [0.5, 0.6) is 5.75 Å². The first-order valence-electron chi connectivity index (χ1n) is 18.3. The lowest BCUT2D eigenvalue weighted by Gasteiger charge is -2.31. The maximum absolute atomic E-state index is 13.1. The Morgan fingerprint density at radius 1 is 0.941 bits per heavy atom. The lowest BCUT2D eigenvalue weighted by molar-refractivity contribution is -0.274. The van der Waals surface area contributed by atoms with Crippen LogP contribution < -0.4 is 9.64 Å². The molecule has 0 saturated heterocycles. The number of carbonyl (C=O) groups excluding carboxylic acids is 1. The van der Waals surface area contributed by atoms with Gasteiger partial charge < -0.3 is 14.5 Å². The molecule has 3 rings (SSSR count). The summed E-state index contributed by atoms with van der Waals surface area (Å²) >= 11 is 0. The van der Waals surface area contributed by atoms with Crippen molar-refractivity contribution in [3.05, 3.63) is 107 Å². The molecule has 0 N–H and O–H groups in total. The Balaban J connectivity index is 0.000000396. The number of Topliss-reactive ketones (excluding diaryl/α,β-unsaturated/α-hetero) is 1. The van der Waals surface area contributed by atoms with E-state index in [1.54, 1.807) is 36.2 Å². The summed E-state index contributed by atoms with van der Waals surface area (Å²) in [5.74, 6) is -0.609. The summed E-state index contributed by atoms with van der Waals surface area (Å²) in [5.41, 5.74) is 4.99. The van der Waals surface area contributed by atoms with Gasteiger partial charge >= 0.3 is 6.36 Å². The van der Waals surface area contributed by atoms with Crippen LogP contribution in [-0.2, 0) is 11.2 Å². The van der Waals surface area contributed by atoms with Crippen LogP contribution in [0.25, 0.3) is 0 Å². The van der Waals surface area contributed by atoms with Gasteiger partial charge in [0.05, 0.1) is 5.70 Å². The minimum Gasteiger partial charge on any atom is -0.406 e. The van der Waals surface area contributed by atoms with E-state index < -0.39 is 6.36 Å². The average Bonchev–Trinajstić information content (AvgIpc) is 3.08. The number of carbonyl (C=O) groups is 1. The van der Waals surface area contributed by atoms with Crippen molar-refractivity contribution < 1.29 is 31.5 Å². The van der Waals surface area contributed by atoms with Gasteiger partial charge in [-0.05, 0) is 112 Å². The number of rotatable bonds is 16. The Morgan fingerprint density at radius 2 is 1.59 bits per heavy atom. The number of hydrogen-bond donors (Lipinski definition) is 0. The summed E-state index contributed by atoms with van der Waals surface area (Å²) in [5, 5.41) is 0. The zero-order valence-electron chi connectivity index (χ0n) is 31.9. The Hall–Kier alpha value is -3.88. The number of halogens is 5. The fourth-order valence-corrected chi connectivity index (χ4v) is 5.46. The molecule has 1 aliphatic rings. The summed E-state index contributed by atoms with van der Waals surface area (Å²) in [6.45, 7) is 20.7. The summed E-state index contributed by atoms with van der Waals surface area (Å²) in [6, 6.07) is 12.0. The van der Waals surface area contributed by atoms with Gasteiger partial charge in [-0.15, -0.1) is 13.2 Å². The molecule has 284 valence electrons. The summed E-state index contributed by atoms with van der Waals surface area (Å²) in [7, 11) is 0. The highest BCUT2D eigenvalue weighted by atomic mass is 19.4. The van der Waals surface area contributed by atoms with Crippen molar-refractivity contribution in [2.75, 3.05) is 11.4 Å². The molecule has 0 saturated carbocycles. The first-order valence-corrected chi connectivity index (χ1v) is 18.3. The van der Waals surface area contributed by atoms with E-state index in [2.05, 4.69) is 50.8 Å². The van der Waals surface area contributed by atoms with Gasteiger partial charge in [0.25, 0.3) is 0 Å². The van der Waals surface area contributed by atoms with Crippen LogP contribution in [0.3, 0.4) is 0 Å². The highest BCUT2D eigenvalue weighted by molar-refractivity contribution is 5.94. The lowest BCUT2D eigenvalue weighted by atomic mass is 10.0. The van der Waals surface area contributed by atoms with Crippen LogP contribution in [0, 0.1) is 12.7 Å². The highest BCUT2D eigenvalue weighted by Gasteiger charge is 2.31. The molecule has 0 amide bonds. The number of ether oxygens (including phenoxy) is 1. The van der Waals surface area contributed by atoms with Crippen LogP contribution in [0.4, 0.5) is 27.6 Å². The number of unbranched alkanes of at least 4 members (excludes halogenated alkanes) is 3. The van der Waals surface area contributed by atoms with Crippen LogP contribution in [-0.4, -0.2) is 29.6 Å². The first-order chi connectivity index (χ1) is 24.1. The van der Waals surface area contributed by atoms with Crippen LogP contribution >= 0.6 is 0 Å². The van der Waals surface area contributed by atoms with Crippen molar-refractivity contribution in [1.82, 2.24) is 4.90 Å².